The van der Waals surface area contributed by atoms with Crippen molar-refractivity contribution in [3.8, 4) is 11.8 Å². The standard InChI is InChI=1S/C15H21FN2/c1-12(2)10-18(3)11-14-7-6-13(5-4-8-17)9-15(14)16/h6-7,9,12H,8,10-11,17H2,1-3H3. The van der Waals surface area contributed by atoms with E-state index in [1.54, 1.807) is 6.07 Å². The van der Waals surface area contributed by atoms with Crippen LogP contribution in [0.3, 0.4) is 0 Å². The second-order valence-corrected chi connectivity index (χ2v) is 4.90. The Balaban J connectivity index is 2.73. The molecule has 0 aliphatic carbocycles. The van der Waals surface area contributed by atoms with Crippen molar-refractivity contribution in [2.24, 2.45) is 11.7 Å². The van der Waals surface area contributed by atoms with Crippen molar-refractivity contribution in [3.63, 3.8) is 0 Å². The van der Waals surface area contributed by atoms with Crippen LogP contribution in [0.4, 0.5) is 4.39 Å². The Morgan fingerprint density at radius 3 is 2.67 bits per heavy atom. The van der Waals surface area contributed by atoms with Gasteiger partial charge in [-0.15, -0.1) is 0 Å². The summed E-state index contributed by atoms with van der Waals surface area (Å²) in [7, 11) is 2.00. The van der Waals surface area contributed by atoms with Crippen LogP contribution in [0.5, 0.6) is 0 Å². The summed E-state index contributed by atoms with van der Waals surface area (Å²) in [5.41, 5.74) is 6.66. The van der Waals surface area contributed by atoms with Gasteiger partial charge in [-0.2, -0.15) is 0 Å². The molecule has 0 aliphatic rings. The number of nitrogens with zero attached hydrogens (tertiary/aromatic N) is 1. The second kappa shape index (κ2) is 7.15. The third kappa shape index (κ3) is 4.87. The molecule has 0 radical (unpaired) electrons. The van der Waals surface area contributed by atoms with Crippen molar-refractivity contribution in [1.82, 2.24) is 4.90 Å². The van der Waals surface area contributed by atoms with Crippen molar-refractivity contribution in [3.05, 3.63) is 35.1 Å². The average Bonchev–Trinajstić information content (AvgIpc) is 2.28. The predicted molar refractivity (Wildman–Crippen MR) is 73.5 cm³/mol. The fourth-order valence-electron chi connectivity index (χ4n) is 1.89. The molecule has 0 spiro atoms. The lowest BCUT2D eigenvalue weighted by Crippen LogP contribution is -2.23. The summed E-state index contributed by atoms with van der Waals surface area (Å²) >= 11 is 0. The van der Waals surface area contributed by atoms with Crippen LogP contribution in [0.25, 0.3) is 0 Å². The minimum atomic E-state index is -0.200. The van der Waals surface area contributed by atoms with Gasteiger partial charge in [0.05, 0.1) is 6.54 Å². The molecule has 1 rings (SSSR count). The third-order valence-corrected chi connectivity index (χ3v) is 2.50. The molecule has 0 amide bonds. The lowest BCUT2D eigenvalue weighted by atomic mass is 10.1. The lowest BCUT2D eigenvalue weighted by molar-refractivity contribution is 0.284. The van der Waals surface area contributed by atoms with Crippen molar-refractivity contribution < 1.29 is 4.39 Å². The Morgan fingerprint density at radius 2 is 2.11 bits per heavy atom. The molecule has 2 N–H and O–H groups in total. The van der Waals surface area contributed by atoms with Gasteiger partial charge >= 0.3 is 0 Å². The first-order valence-electron chi connectivity index (χ1n) is 6.18. The molecule has 98 valence electrons. The van der Waals surface area contributed by atoms with Crippen molar-refractivity contribution in [2.45, 2.75) is 20.4 Å². The first-order valence-corrected chi connectivity index (χ1v) is 6.18. The van der Waals surface area contributed by atoms with Gasteiger partial charge in [0, 0.05) is 24.2 Å². The van der Waals surface area contributed by atoms with E-state index in [0.29, 0.717) is 30.1 Å². The highest BCUT2D eigenvalue weighted by atomic mass is 19.1. The number of halogens is 1. The Labute approximate surface area is 109 Å². The minimum Gasteiger partial charge on any atom is -0.320 e. The first kappa shape index (κ1) is 14.7. The van der Waals surface area contributed by atoms with Gasteiger partial charge in [-0.1, -0.05) is 31.8 Å². The van der Waals surface area contributed by atoms with Crippen molar-refractivity contribution in [2.75, 3.05) is 20.1 Å². The van der Waals surface area contributed by atoms with Crippen LogP contribution in [0.15, 0.2) is 18.2 Å². The van der Waals surface area contributed by atoms with Crippen molar-refractivity contribution >= 4 is 0 Å². The largest absolute Gasteiger partial charge is 0.320 e. The van der Waals surface area contributed by atoms with Crippen LogP contribution in [0.1, 0.15) is 25.0 Å². The van der Waals surface area contributed by atoms with Crippen LogP contribution in [-0.4, -0.2) is 25.0 Å². The quantitative estimate of drug-likeness (QED) is 0.828. The van der Waals surface area contributed by atoms with Crippen LogP contribution in [0.2, 0.25) is 0 Å². The van der Waals surface area contributed by atoms with Gasteiger partial charge in [0.1, 0.15) is 5.82 Å². The number of hydrogen-bond acceptors (Lipinski definition) is 2. The SMILES string of the molecule is CC(C)CN(C)Cc1ccc(C#CCN)cc1F. The highest BCUT2D eigenvalue weighted by Crippen LogP contribution is 2.12. The number of hydrogen-bond donors (Lipinski definition) is 1. The molecule has 0 unspecified atom stereocenters. The Morgan fingerprint density at radius 1 is 1.39 bits per heavy atom. The van der Waals surface area contributed by atoms with Gasteiger partial charge < -0.3 is 10.6 Å². The highest BCUT2D eigenvalue weighted by Gasteiger charge is 2.07. The molecule has 2 nitrogen and oxygen atoms in total. The van der Waals surface area contributed by atoms with Gasteiger partial charge in [-0.05, 0) is 25.1 Å². The molecule has 18 heavy (non-hydrogen) atoms. The molecule has 0 atom stereocenters. The summed E-state index contributed by atoms with van der Waals surface area (Å²) in [6.07, 6.45) is 0. The minimum absolute atomic E-state index is 0.200. The first-order chi connectivity index (χ1) is 8.52. The smallest absolute Gasteiger partial charge is 0.128 e. The zero-order valence-electron chi connectivity index (χ0n) is 11.3. The van der Waals surface area contributed by atoms with Gasteiger partial charge in [-0.25, -0.2) is 4.39 Å². The molecular weight excluding hydrogens is 227 g/mol. The Kier molecular flexibility index (Phi) is 5.84. The maximum Gasteiger partial charge on any atom is 0.128 e. The van der Waals surface area contributed by atoms with E-state index in [2.05, 4.69) is 30.6 Å². The van der Waals surface area contributed by atoms with E-state index in [-0.39, 0.29) is 5.82 Å². The summed E-state index contributed by atoms with van der Waals surface area (Å²) in [6.45, 7) is 6.17. The van der Waals surface area contributed by atoms with Crippen LogP contribution < -0.4 is 5.73 Å². The normalized spacial score (nSPS) is 10.6. The fourth-order valence-corrected chi connectivity index (χ4v) is 1.89. The van der Waals surface area contributed by atoms with E-state index in [1.165, 1.54) is 6.07 Å². The topological polar surface area (TPSA) is 29.3 Å². The summed E-state index contributed by atoms with van der Waals surface area (Å²) in [5.74, 6) is 5.93. The van der Waals surface area contributed by atoms with E-state index in [9.17, 15) is 4.39 Å². The maximum atomic E-state index is 13.8. The van der Waals surface area contributed by atoms with Gasteiger partial charge in [0.2, 0.25) is 0 Å². The van der Waals surface area contributed by atoms with E-state index < -0.39 is 0 Å². The molecule has 0 fully saturated rings. The Bertz CT molecular complexity index is 444. The molecule has 0 bridgehead atoms. The van der Waals surface area contributed by atoms with Crippen LogP contribution >= 0.6 is 0 Å². The second-order valence-electron chi connectivity index (χ2n) is 4.90. The van der Waals surface area contributed by atoms with E-state index in [4.69, 9.17) is 5.73 Å². The van der Waals surface area contributed by atoms with Crippen molar-refractivity contribution in [1.29, 1.82) is 0 Å². The molecule has 0 aromatic heterocycles. The van der Waals surface area contributed by atoms with E-state index >= 15 is 0 Å². The van der Waals surface area contributed by atoms with E-state index in [0.717, 1.165) is 6.54 Å². The summed E-state index contributed by atoms with van der Waals surface area (Å²) in [4.78, 5) is 2.12. The summed E-state index contributed by atoms with van der Waals surface area (Å²) < 4.78 is 13.8. The zero-order valence-corrected chi connectivity index (χ0v) is 11.3. The monoisotopic (exact) mass is 248 g/mol. The number of nitrogens with two attached hydrogens (primary N) is 1. The van der Waals surface area contributed by atoms with E-state index in [1.807, 2.05) is 13.1 Å². The molecule has 0 saturated heterocycles. The molecular formula is C15H21FN2. The van der Waals surface area contributed by atoms with Crippen LogP contribution in [0, 0.1) is 23.6 Å². The molecule has 1 aromatic rings. The molecule has 0 heterocycles. The number of benzene rings is 1. The fraction of sp³-hybridized carbons (Fsp3) is 0.467. The molecule has 0 saturated carbocycles. The summed E-state index contributed by atoms with van der Waals surface area (Å²) in [6, 6.07) is 5.11. The summed E-state index contributed by atoms with van der Waals surface area (Å²) in [5, 5.41) is 0. The number of rotatable bonds is 4. The van der Waals surface area contributed by atoms with Crippen LogP contribution in [-0.2, 0) is 6.54 Å². The maximum absolute atomic E-state index is 13.8. The van der Waals surface area contributed by atoms with Gasteiger partial charge in [-0.3, -0.25) is 0 Å². The molecule has 1 aromatic carbocycles. The molecule has 0 aliphatic heterocycles. The lowest BCUT2D eigenvalue weighted by Gasteiger charge is -2.19. The average molecular weight is 248 g/mol. The van der Waals surface area contributed by atoms with Gasteiger partial charge in [0.25, 0.3) is 0 Å². The van der Waals surface area contributed by atoms with Gasteiger partial charge in [0.15, 0.2) is 0 Å². The predicted octanol–water partition coefficient (Wildman–Crippen LogP) is 2.22. The third-order valence-electron chi connectivity index (χ3n) is 2.50. The molecule has 3 heteroatoms. The zero-order chi connectivity index (χ0) is 13.5. The highest BCUT2D eigenvalue weighted by molar-refractivity contribution is 5.37. The Hall–Kier alpha value is -1.37.